The van der Waals surface area contributed by atoms with Crippen molar-refractivity contribution < 1.29 is 36.5 Å². The summed E-state index contributed by atoms with van der Waals surface area (Å²) < 4.78 is 40.3. The molecule has 9 nitrogen and oxygen atoms in total. The van der Waals surface area contributed by atoms with Gasteiger partial charge < -0.3 is 13.7 Å². The molecule has 0 bridgehead atoms. The number of benzene rings is 2. The predicted molar refractivity (Wildman–Crippen MR) is 122 cm³/mol. The SMILES string of the molecule is CCOC(=O)CN1C(=O)S/C(=C\c2cc(Cl)c(OS(=O)(=O)c3ccccc3)c(OC)c2)C1=O. The van der Waals surface area contributed by atoms with Crippen LogP contribution in [-0.4, -0.2) is 50.7 Å². The van der Waals surface area contributed by atoms with Crippen LogP contribution in [0.4, 0.5) is 4.79 Å². The van der Waals surface area contributed by atoms with Gasteiger partial charge in [-0.2, -0.15) is 8.42 Å². The number of carbonyl (C=O) groups is 3. The third kappa shape index (κ3) is 5.67. The Kier molecular flexibility index (Phi) is 7.67. The van der Waals surface area contributed by atoms with Gasteiger partial charge in [-0.1, -0.05) is 29.8 Å². The lowest BCUT2D eigenvalue weighted by atomic mass is 10.2. The fraction of sp³-hybridized carbons (Fsp3) is 0.190. The number of nitrogens with zero attached hydrogens (tertiary/aromatic N) is 1. The average molecular weight is 512 g/mol. The maximum Gasteiger partial charge on any atom is 0.339 e. The van der Waals surface area contributed by atoms with Gasteiger partial charge in [0.15, 0.2) is 5.75 Å². The minimum atomic E-state index is -4.18. The number of thioether (sulfide) groups is 1. The van der Waals surface area contributed by atoms with Crippen LogP contribution in [0.15, 0.2) is 52.3 Å². The summed E-state index contributed by atoms with van der Waals surface area (Å²) in [6.07, 6.45) is 1.37. The molecule has 1 heterocycles. The van der Waals surface area contributed by atoms with Crippen molar-refractivity contribution in [1.82, 2.24) is 4.90 Å². The molecular weight excluding hydrogens is 494 g/mol. The van der Waals surface area contributed by atoms with Crippen LogP contribution >= 0.6 is 23.4 Å². The van der Waals surface area contributed by atoms with Gasteiger partial charge in [0.05, 0.1) is 23.6 Å². The highest BCUT2D eigenvalue weighted by Gasteiger charge is 2.36. The van der Waals surface area contributed by atoms with Gasteiger partial charge in [-0.3, -0.25) is 19.3 Å². The van der Waals surface area contributed by atoms with Crippen molar-refractivity contribution in [3.05, 3.63) is 58.0 Å². The monoisotopic (exact) mass is 511 g/mol. The predicted octanol–water partition coefficient (Wildman–Crippen LogP) is 3.72. The Labute approximate surface area is 199 Å². The summed E-state index contributed by atoms with van der Waals surface area (Å²) in [6, 6.07) is 10.3. The van der Waals surface area contributed by atoms with Gasteiger partial charge in [0.1, 0.15) is 11.4 Å². The maximum absolute atomic E-state index is 12.6. The second-order valence-electron chi connectivity index (χ2n) is 6.46. The number of ether oxygens (including phenoxy) is 2. The molecule has 1 fully saturated rings. The van der Waals surface area contributed by atoms with Gasteiger partial charge in [-0.25, -0.2) is 0 Å². The van der Waals surface area contributed by atoms with Crippen molar-refractivity contribution in [3.63, 3.8) is 0 Å². The van der Waals surface area contributed by atoms with E-state index in [9.17, 15) is 22.8 Å². The molecule has 2 amide bonds. The zero-order valence-electron chi connectivity index (χ0n) is 17.4. The summed E-state index contributed by atoms with van der Waals surface area (Å²) in [7, 11) is -2.88. The number of rotatable bonds is 8. The molecule has 2 aromatic rings. The van der Waals surface area contributed by atoms with Crippen LogP contribution < -0.4 is 8.92 Å². The summed E-state index contributed by atoms with van der Waals surface area (Å²) >= 11 is 6.91. The summed E-state index contributed by atoms with van der Waals surface area (Å²) in [4.78, 5) is 37.1. The molecule has 1 aliphatic heterocycles. The lowest BCUT2D eigenvalue weighted by Gasteiger charge is -2.13. The molecule has 3 rings (SSSR count). The first-order chi connectivity index (χ1) is 15.7. The van der Waals surface area contributed by atoms with Gasteiger partial charge in [-0.15, -0.1) is 0 Å². The number of carbonyl (C=O) groups excluding carboxylic acids is 3. The van der Waals surface area contributed by atoms with E-state index in [2.05, 4.69) is 0 Å². The van der Waals surface area contributed by atoms with E-state index in [0.717, 1.165) is 4.90 Å². The number of hydrogen-bond acceptors (Lipinski definition) is 9. The summed E-state index contributed by atoms with van der Waals surface area (Å²) in [5, 5.41) is -0.711. The van der Waals surface area contributed by atoms with E-state index in [-0.39, 0.29) is 32.9 Å². The number of methoxy groups -OCH3 is 1. The molecule has 174 valence electrons. The highest BCUT2D eigenvalue weighted by molar-refractivity contribution is 8.18. The summed E-state index contributed by atoms with van der Waals surface area (Å²) in [6.45, 7) is 1.24. The van der Waals surface area contributed by atoms with E-state index >= 15 is 0 Å². The molecule has 0 saturated carbocycles. The second kappa shape index (κ2) is 10.3. The van der Waals surface area contributed by atoms with Crippen molar-refractivity contribution in [2.24, 2.45) is 0 Å². The molecule has 1 saturated heterocycles. The van der Waals surface area contributed by atoms with E-state index in [1.54, 1.807) is 25.1 Å². The quantitative estimate of drug-likeness (QED) is 0.297. The largest absolute Gasteiger partial charge is 0.493 e. The van der Waals surface area contributed by atoms with Crippen molar-refractivity contribution in [3.8, 4) is 11.5 Å². The first kappa shape index (κ1) is 24.6. The average Bonchev–Trinajstić information content (AvgIpc) is 3.03. The zero-order valence-corrected chi connectivity index (χ0v) is 19.8. The van der Waals surface area contributed by atoms with Crippen LogP contribution in [0.25, 0.3) is 6.08 Å². The molecule has 0 aliphatic carbocycles. The van der Waals surface area contributed by atoms with E-state index in [1.807, 2.05) is 0 Å². The van der Waals surface area contributed by atoms with Crippen molar-refractivity contribution >= 4 is 56.7 Å². The topological polar surface area (TPSA) is 116 Å². The lowest BCUT2D eigenvalue weighted by Crippen LogP contribution is -2.34. The highest BCUT2D eigenvalue weighted by Crippen LogP contribution is 2.40. The van der Waals surface area contributed by atoms with Gasteiger partial charge >= 0.3 is 16.1 Å². The Hall–Kier alpha value is -3.02. The van der Waals surface area contributed by atoms with Crippen LogP contribution in [0.5, 0.6) is 11.5 Å². The highest BCUT2D eigenvalue weighted by atomic mass is 35.5. The zero-order chi connectivity index (χ0) is 24.2. The molecular formula is C21H18ClNO8S2. The van der Waals surface area contributed by atoms with Crippen LogP contribution in [-0.2, 0) is 24.4 Å². The van der Waals surface area contributed by atoms with E-state index in [1.165, 1.54) is 37.5 Å². The van der Waals surface area contributed by atoms with Crippen LogP contribution in [0.1, 0.15) is 12.5 Å². The van der Waals surface area contributed by atoms with Crippen molar-refractivity contribution in [2.45, 2.75) is 11.8 Å². The molecule has 0 atom stereocenters. The number of amides is 2. The van der Waals surface area contributed by atoms with Crippen molar-refractivity contribution in [1.29, 1.82) is 0 Å². The Balaban J connectivity index is 1.88. The minimum Gasteiger partial charge on any atom is -0.493 e. The molecule has 0 spiro atoms. The van der Waals surface area contributed by atoms with E-state index < -0.39 is 33.8 Å². The number of esters is 1. The number of halogens is 1. The molecule has 33 heavy (non-hydrogen) atoms. The fourth-order valence-electron chi connectivity index (χ4n) is 2.77. The molecule has 2 aromatic carbocycles. The summed E-state index contributed by atoms with van der Waals surface area (Å²) in [5.41, 5.74) is 0.350. The van der Waals surface area contributed by atoms with E-state index in [4.69, 9.17) is 25.3 Å². The van der Waals surface area contributed by atoms with Crippen LogP contribution in [0.3, 0.4) is 0 Å². The third-order valence-corrected chi connectivity index (χ3v) is 6.66. The Bertz CT molecular complexity index is 1230. The second-order valence-corrected chi connectivity index (χ2v) is 9.40. The number of imide groups is 1. The number of hydrogen-bond donors (Lipinski definition) is 0. The molecule has 0 N–H and O–H groups in total. The third-order valence-electron chi connectivity index (χ3n) is 4.24. The first-order valence-electron chi connectivity index (χ1n) is 9.44. The Morgan fingerprint density at radius 3 is 2.52 bits per heavy atom. The normalized spacial score (nSPS) is 15.1. The van der Waals surface area contributed by atoms with Gasteiger partial charge in [-0.05, 0) is 54.6 Å². The molecule has 12 heteroatoms. The van der Waals surface area contributed by atoms with Crippen molar-refractivity contribution in [2.75, 3.05) is 20.3 Å². The van der Waals surface area contributed by atoms with Gasteiger partial charge in [0.2, 0.25) is 5.75 Å². The molecule has 0 unspecified atom stereocenters. The molecule has 1 aliphatic rings. The van der Waals surface area contributed by atoms with Crippen LogP contribution in [0, 0.1) is 0 Å². The maximum atomic E-state index is 12.6. The van der Waals surface area contributed by atoms with Crippen LogP contribution in [0.2, 0.25) is 5.02 Å². The van der Waals surface area contributed by atoms with E-state index in [0.29, 0.717) is 17.3 Å². The Morgan fingerprint density at radius 1 is 1.18 bits per heavy atom. The lowest BCUT2D eigenvalue weighted by molar-refractivity contribution is -0.145. The fourth-order valence-corrected chi connectivity index (χ4v) is 4.89. The first-order valence-corrected chi connectivity index (χ1v) is 12.0. The summed E-state index contributed by atoms with van der Waals surface area (Å²) in [5.74, 6) is -1.60. The van der Waals surface area contributed by atoms with Gasteiger partial charge in [0.25, 0.3) is 11.1 Å². The van der Waals surface area contributed by atoms with Gasteiger partial charge in [0, 0.05) is 0 Å². The Morgan fingerprint density at radius 2 is 1.88 bits per heavy atom. The standard InChI is InChI=1S/C21H18ClNO8S2/c1-3-30-18(24)12-23-20(25)17(32-21(23)26)11-13-9-15(22)19(16(10-13)29-2)31-33(27,28)14-7-5-4-6-8-14/h4-11H,3,12H2,1-2H3/b17-11-. The molecule has 0 aromatic heterocycles. The minimum absolute atomic E-state index is 0.000918. The molecule has 0 radical (unpaired) electrons. The smallest absolute Gasteiger partial charge is 0.339 e.